The number of amides is 1. The maximum absolute atomic E-state index is 13.7. The molecule has 0 saturated heterocycles. The minimum Gasteiger partial charge on any atom is -0.479 e. The summed E-state index contributed by atoms with van der Waals surface area (Å²) in [6, 6.07) is 16.0. The summed E-state index contributed by atoms with van der Waals surface area (Å²) in [5.41, 5.74) is 8.29. The van der Waals surface area contributed by atoms with Gasteiger partial charge in [-0.05, 0) is 94.8 Å². The molecule has 0 radical (unpaired) electrons. The second kappa shape index (κ2) is 9.55. The zero-order chi connectivity index (χ0) is 26.4. The fourth-order valence-corrected chi connectivity index (χ4v) is 5.08. The maximum Gasteiger partial charge on any atom is 0.337 e. The molecule has 36 heavy (non-hydrogen) atoms. The molecule has 0 unspecified atom stereocenters. The largest absolute Gasteiger partial charge is 0.479 e. The van der Waals surface area contributed by atoms with Crippen LogP contribution in [0.25, 0.3) is 11.1 Å². The smallest absolute Gasteiger partial charge is 0.337 e. The predicted octanol–water partition coefficient (Wildman–Crippen LogP) is 6.73. The number of aliphatic carboxylic acids is 1. The Morgan fingerprint density at radius 1 is 0.917 bits per heavy atom. The number of hydrogen-bond donors (Lipinski definition) is 1. The van der Waals surface area contributed by atoms with Crippen LogP contribution in [0.3, 0.4) is 0 Å². The van der Waals surface area contributed by atoms with E-state index in [1.165, 1.54) is 0 Å². The lowest BCUT2D eigenvalue weighted by Gasteiger charge is -2.29. The van der Waals surface area contributed by atoms with Crippen LogP contribution < -0.4 is 4.90 Å². The van der Waals surface area contributed by atoms with Crippen LogP contribution in [0, 0.1) is 27.7 Å². The molecule has 3 aromatic rings. The number of nitrogens with zero attached hydrogens (tertiary/aromatic N) is 1. The van der Waals surface area contributed by atoms with E-state index in [0.717, 1.165) is 44.6 Å². The summed E-state index contributed by atoms with van der Waals surface area (Å²) in [4.78, 5) is 28.0. The zero-order valence-corrected chi connectivity index (χ0v) is 22.2. The molecule has 1 N–H and O–H groups in total. The number of carboxylic acid groups (broad SMARTS) is 1. The highest BCUT2D eigenvalue weighted by molar-refractivity contribution is 6.09. The first kappa shape index (κ1) is 25.6. The van der Waals surface area contributed by atoms with E-state index in [0.29, 0.717) is 24.1 Å². The van der Waals surface area contributed by atoms with Crippen LogP contribution in [0.15, 0.2) is 48.5 Å². The number of aryl methyl sites for hydroxylation is 4. The number of carbonyl (C=O) groups is 2. The second-order valence-corrected chi connectivity index (χ2v) is 10.8. The molecule has 1 amide bonds. The first-order valence-corrected chi connectivity index (χ1v) is 12.4. The van der Waals surface area contributed by atoms with Crippen molar-refractivity contribution < 1.29 is 19.4 Å². The monoisotopic (exact) mass is 485 g/mol. The topological polar surface area (TPSA) is 66.8 Å². The molecule has 0 fully saturated rings. The van der Waals surface area contributed by atoms with E-state index in [9.17, 15) is 14.7 Å². The number of fused-ring (bicyclic) bond motifs is 1. The summed E-state index contributed by atoms with van der Waals surface area (Å²) in [5, 5.41) is 10.2. The molecule has 4 rings (SSSR count). The van der Waals surface area contributed by atoms with E-state index in [4.69, 9.17) is 4.74 Å². The summed E-state index contributed by atoms with van der Waals surface area (Å²) in [6.07, 6.45) is -0.486. The van der Waals surface area contributed by atoms with Crippen molar-refractivity contribution in [3.05, 3.63) is 87.5 Å². The third kappa shape index (κ3) is 4.93. The molecule has 0 bridgehead atoms. The van der Waals surface area contributed by atoms with Crippen LogP contribution >= 0.6 is 0 Å². The van der Waals surface area contributed by atoms with Crippen molar-refractivity contribution in [2.45, 2.75) is 66.6 Å². The van der Waals surface area contributed by atoms with Gasteiger partial charge in [0, 0.05) is 23.4 Å². The molecule has 1 atom stereocenters. The summed E-state index contributed by atoms with van der Waals surface area (Å²) >= 11 is 0. The molecule has 5 nitrogen and oxygen atoms in total. The Morgan fingerprint density at radius 3 is 2.14 bits per heavy atom. The number of carboxylic acids is 1. The minimum atomic E-state index is -1.13. The van der Waals surface area contributed by atoms with Crippen molar-refractivity contribution in [3.63, 3.8) is 0 Å². The molecule has 0 spiro atoms. The molecular formula is C31H35NO4. The Bertz CT molecular complexity index is 1330. The highest BCUT2D eigenvalue weighted by Gasteiger charge is 2.36. The van der Waals surface area contributed by atoms with Crippen LogP contribution in [0.2, 0.25) is 0 Å². The molecule has 0 aromatic heterocycles. The van der Waals surface area contributed by atoms with Crippen LogP contribution in [-0.4, -0.2) is 29.1 Å². The van der Waals surface area contributed by atoms with Crippen molar-refractivity contribution >= 4 is 17.6 Å². The molecule has 1 aliphatic rings. The van der Waals surface area contributed by atoms with Crippen molar-refractivity contribution in [1.82, 2.24) is 0 Å². The van der Waals surface area contributed by atoms with E-state index >= 15 is 0 Å². The zero-order valence-electron chi connectivity index (χ0n) is 22.2. The summed E-state index contributed by atoms with van der Waals surface area (Å²) in [6.45, 7) is 14.0. The third-order valence-electron chi connectivity index (χ3n) is 6.69. The lowest BCUT2D eigenvalue weighted by atomic mass is 9.86. The SMILES string of the molecule is Cc1ccc(-c2c3c(cc(C)c2[C@H](OC(C)(C)C)C(=O)O)N(C(=O)c2ccc(C)cc2C)CC3)cc1. The molecule has 1 aliphatic heterocycles. The number of anilines is 1. The fourth-order valence-electron chi connectivity index (χ4n) is 5.08. The lowest BCUT2D eigenvalue weighted by molar-refractivity contribution is -0.160. The van der Waals surface area contributed by atoms with Gasteiger partial charge in [0.2, 0.25) is 0 Å². The average Bonchev–Trinajstić information content (AvgIpc) is 3.19. The van der Waals surface area contributed by atoms with Crippen LogP contribution in [0.1, 0.15) is 70.6 Å². The van der Waals surface area contributed by atoms with Gasteiger partial charge in [-0.2, -0.15) is 0 Å². The number of rotatable bonds is 5. The molecule has 3 aromatic carbocycles. The Hall–Kier alpha value is -3.44. The van der Waals surface area contributed by atoms with Crippen molar-refractivity contribution in [2.75, 3.05) is 11.4 Å². The number of ether oxygens (including phenoxy) is 1. The fraction of sp³-hybridized carbons (Fsp3) is 0.355. The first-order valence-electron chi connectivity index (χ1n) is 12.4. The normalized spacial score (nSPS) is 14.0. The molecular weight excluding hydrogens is 450 g/mol. The van der Waals surface area contributed by atoms with Gasteiger partial charge in [-0.25, -0.2) is 4.79 Å². The predicted molar refractivity (Wildman–Crippen MR) is 144 cm³/mol. The summed E-state index contributed by atoms with van der Waals surface area (Å²) in [5.74, 6) is -1.06. The van der Waals surface area contributed by atoms with Gasteiger partial charge in [0.1, 0.15) is 0 Å². The van der Waals surface area contributed by atoms with Gasteiger partial charge in [-0.15, -0.1) is 0 Å². The standard InChI is InChI=1S/C31H35NO4/c1-18-8-11-22(12-9-18)27-24-14-15-32(29(33)23-13-10-19(2)16-20(23)3)25(24)17-21(4)26(27)28(30(34)35)36-31(5,6)7/h8-13,16-17,28H,14-15H2,1-7H3,(H,34,35)/t28-/m0/s1. The van der Waals surface area contributed by atoms with E-state index < -0.39 is 17.7 Å². The lowest BCUT2D eigenvalue weighted by Crippen LogP contribution is -2.30. The number of hydrogen-bond acceptors (Lipinski definition) is 3. The van der Waals surface area contributed by atoms with Gasteiger partial charge in [-0.1, -0.05) is 47.5 Å². The van der Waals surface area contributed by atoms with E-state index in [1.54, 1.807) is 0 Å². The molecule has 1 heterocycles. The minimum absolute atomic E-state index is 0.0333. The van der Waals surface area contributed by atoms with E-state index in [2.05, 4.69) is 0 Å². The van der Waals surface area contributed by atoms with Crippen LogP contribution in [0.4, 0.5) is 5.69 Å². The van der Waals surface area contributed by atoms with Crippen molar-refractivity contribution in [3.8, 4) is 11.1 Å². The van der Waals surface area contributed by atoms with Gasteiger partial charge < -0.3 is 14.7 Å². The van der Waals surface area contributed by atoms with Crippen molar-refractivity contribution in [2.24, 2.45) is 0 Å². The Kier molecular flexibility index (Phi) is 6.80. The Balaban J connectivity index is 1.93. The van der Waals surface area contributed by atoms with Crippen molar-refractivity contribution in [1.29, 1.82) is 0 Å². The number of benzene rings is 3. The molecule has 0 saturated carbocycles. The molecule has 5 heteroatoms. The van der Waals surface area contributed by atoms with Crippen LogP contribution in [0.5, 0.6) is 0 Å². The molecule has 0 aliphatic carbocycles. The van der Waals surface area contributed by atoms with Gasteiger partial charge >= 0.3 is 5.97 Å². The van der Waals surface area contributed by atoms with Gasteiger partial charge in [0.05, 0.1) is 5.60 Å². The highest BCUT2D eigenvalue weighted by Crippen LogP contribution is 2.45. The third-order valence-corrected chi connectivity index (χ3v) is 6.69. The van der Waals surface area contributed by atoms with E-state index in [-0.39, 0.29) is 5.91 Å². The summed E-state index contributed by atoms with van der Waals surface area (Å²) in [7, 11) is 0. The van der Waals surface area contributed by atoms with E-state index in [1.807, 2.05) is 102 Å². The van der Waals surface area contributed by atoms with Crippen LogP contribution in [-0.2, 0) is 16.0 Å². The maximum atomic E-state index is 13.7. The Labute approximate surface area is 213 Å². The molecule has 188 valence electrons. The average molecular weight is 486 g/mol. The Morgan fingerprint density at radius 2 is 1.56 bits per heavy atom. The number of carbonyl (C=O) groups excluding carboxylic acids is 1. The van der Waals surface area contributed by atoms with Gasteiger partial charge in [-0.3, -0.25) is 4.79 Å². The van der Waals surface area contributed by atoms with Gasteiger partial charge in [0.25, 0.3) is 5.91 Å². The first-order chi connectivity index (χ1) is 16.9. The highest BCUT2D eigenvalue weighted by atomic mass is 16.5. The van der Waals surface area contributed by atoms with Gasteiger partial charge in [0.15, 0.2) is 6.10 Å². The summed E-state index contributed by atoms with van der Waals surface area (Å²) < 4.78 is 6.10. The quantitative estimate of drug-likeness (QED) is 0.435. The second-order valence-electron chi connectivity index (χ2n) is 10.8.